The molecule has 2 aromatic rings. The number of ether oxygens (including phenoxy) is 1. The van der Waals surface area contributed by atoms with E-state index in [1.807, 2.05) is 37.3 Å². The van der Waals surface area contributed by atoms with Gasteiger partial charge in [-0.25, -0.2) is 0 Å². The lowest BCUT2D eigenvalue weighted by atomic mass is 9.87. The van der Waals surface area contributed by atoms with Crippen LogP contribution in [-0.4, -0.2) is 19.3 Å². The van der Waals surface area contributed by atoms with Crippen molar-refractivity contribution in [3.8, 4) is 5.75 Å². The molecule has 2 rings (SSSR count). The number of carbonyl (C=O) groups excluding carboxylic acids is 2. The van der Waals surface area contributed by atoms with Crippen LogP contribution >= 0.6 is 0 Å². The quantitative estimate of drug-likeness (QED) is 0.440. The maximum absolute atomic E-state index is 12.6. The van der Waals surface area contributed by atoms with Crippen LogP contribution in [-0.2, 0) is 10.2 Å². The molecule has 5 nitrogen and oxygen atoms in total. The lowest BCUT2D eigenvalue weighted by Crippen LogP contribution is -2.24. The highest BCUT2D eigenvalue weighted by atomic mass is 16.5. The van der Waals surface area contributed by atoms with Gasteiger partial charge in [0.15, 0.2) is 6.29 Å². The van der Waals surface area contributed by atoms with Crippen molar-refractivity contribution in [2.45, 2.75) is 33.1 Å². The number of hydrogen-bond donors (Lipinski definition) is 2. The molecule has 0 aliphatic heterocycles. The number of benzene rings is 2. The molecular weight excluding hydrogens is 364 g/mol. The average molecular weight is 392 g/mol. The molecule has 0 saturated carbocycles. The second-order valence-corrected chi connectivity index (χ2v) is 7.80. The number of amides is 1. The zero-order valence-electron chi connectivity index (χ0n) is 17.6. The van der Waals surface area contributed by atoms with Crippen molar-refractivity contribution in [2.24, 2.45) is 5.73 Å². The van der Waals surface area contributed by atoms with E-state index in [-0.39, 0.29) is 17.0 Å². The van der Waals surface area contributed by atoms with Gasteiger partial charge in [0.25, 0.3) is 5.91 Å². The minimum Gasteiger partial charge on any atom is -0.497 e. The molecule has 0 radical (unpaired) electrons. The van der Waals surface area contributed by atoms with E-state index in [0.717, 1.165) is 16.7 Å². The SMILES string of the molecule is COc1ccc(C)c(C(/C=C(\C=O)NC(=O)c2ccc(C(C)(C)C)cc2)=C/N)c1. The summed E-state index contributed by atoms with van der Waals surface area (Å²) >= 11 is 0. The highest BCUT2D eigenvalue weighted by molar-refractivity contribution is 5.99. The summed E-state index contributed by atoms with van der Waals surface area (Å²) in [6, 6.07) is 12.9. The Hall–Kier alpha value is -3.34. The fraction of sp³-hybridized carbons (Fsp3) is 0.250. The molecule has 0 aliphatic carbocycles. The molecule has 0 spiro atoms. The smallest absolute Gasteiger partial charge is 0.255 e. The largest absolute Gasteiger partial charge is 0.497 e. The van der Waals surface area contributed by atoms with E-state index < -0.39 is 0 Å². The van der Waals surface area contributed by atoms with Gasteiger partial charge in [0.1, 0.15) is 5.75 Å². The zero-order valence-corrected chi connectivity index (χ0v) is 17.6. The summed E-state index contributed by atoms with van der Waals surface area (Å²) in [6.45, 7) is 8.26. The van der Waals surface area contributed by atoms with E-state index in [4.69, 9.17) is 10.5 Å². The van der Waals surface area contributed by atoms with Gasteiger partial charge in [0.2, 0.25) is 0 Å². The number of hydrogen-bond acceptors (Lipinski definition) is 4. The van der Waals surface area contributed by atoms with Gasteiger partial charge < -0.3 is 15.8 Å². The van der Waals surface area contributed by atoms with Crippen LogP contribution in [0, 0.1) is 6.92 Å². The Kier molecular flexibility index (Phi) is 6.99. The number of allylic oxidation sites excluding steroid dienone is 3. The van der Waals surface area contributed by atoms with E-state index in [2.05, 4.69) is 26.1 Å². The first-order valence-electron chi connectivity index (χ1n) is 9.35. The Morgan fingerprint density at radius 1 is 1.10 bits per heavy atom. The maximum atomic E-state index is 12.6. The molecule has 5 heteroatoms. The molecule has 0 atom stereocenters. The molecule has 1 amide bonds. The van der Waals surface area contributed by atoms with Crippen LogP contribution in [0.2, 0.25) is 0 Å². The summed E-state index contributed by atoms with van der Waals surface area (Å²) in [5, 5.41) is 2.65. The van der Waals surface area contributed by atoms with Crippen LogP contribution in [0.5, 0.6) is 5.75 Å². The van der Waals surface area contributed by atoms with Gasteiger partial charge in [-0.1, -0.05) is 39.0 Å². The third kappa shape index (κ3) is 5.57. The van der Waals surface area contributed by atoms with E-state index >= 15 is 0 Å². The lowest BCUT2D eigenvalue weighted by Gasteiger charge is -2.19. The maximum Gasteiger partial charge on any atom is 0.255 e. The predicted molar refractivity (Wildman–Crippen MR) is 117 cm³/mol. The van der Waals surface area contributed by atoms with Crippen molar-refractivity contribution < 1.29 is 14.3 Å². The molecule has 3 N–H and O–H groups in total. The van der Waals surface area contributed by atoms with Gasteiger partial charge >= 0.3 is 0 Å². The lowest BCUT2D eigenvalue weighted by molar-refractivity contribution is -0.105. The second-order valence-electron chi connectivity index (χ2n) is 7.80. The van der Waals surface area contributed by atoms with Gasteiger partial charge in [-0.05, 0) is 64.9 Å². The molecule has 0 saturated heterocycles. The number of nitrogens with two attached hydrogens (primary N) is 1. The number of aryl methyl sites for hydroxylation is 1. The molecule has 0 aromatic heterocycles. The van der Waals surface area contributed by atoms with Crippen molar-refractivity contribution in [1.29, 1.82) is 0 Å². The number of nitrogens with one attached hydrogen (secondary N) is 1. The highest BCUT2D eigenvalue weighted by Crippen LogP contribution is 2.25. The van der Waals surface area contributed by atoms with Crippen molar-refractivity contribution in [3.63, 3.8) is 0 Å². The first-order valence-corrected chi connectivity index (χ1v) is 9.35. The summed E-state index contributed by atoms with van der Waals surface area (Å²) < 4.78 is 5.26. The first kappa shape index (κ1) is 22.0. The molecule has 29 heavy (non-hydrogen) atoms. The van der Waals surface area contributed by atoms with Gasteiger partial charge in [-0.15, -0.1) is 0 Å². The van der Waals surface area contributed by atoms with Crippen molar-refractivity contribution >= 4 is 17.8 Å². The van der Waals surface area contributed by atoms with Crippen LogP contribution in [0.15, 0.2) is 60.4 Å². The first-order chi connectivity index (χ1) is 13.7. The Bertz CT molecular complexity index is 949. The molecule has 0 fully saturated rings. The minimum absolute atomic E-state index is 0.00170. The minimum atomic E-state index is -0.359. The predicted octanol–water partition coefficient (Wildman–Crippen LogP) is 4.11. The number of methoxy groups -OCH3 is 1. The Morgan fingerprint density at radius 2 is 1.76 bits per heavy atom. The molecule has 0 unspecified atom stereocenters. The van der Waals surface area contributed by atoms with E-state index in [1.165, 1.54) is 6.20 Å². The van der Waals surface area contributed by atoms with Crippen LogP contribution in [0.3, 0.4) is 0 Å². The van der Waals surface area contributed by atoms with E-state index in [0.29, 0.717) is 23.2 Å². The van der Waals surface area contributed by atoms with Crippen molar-refractivity contribution in [3.05, 3.63) is 82.7 Å². The van der Waals surface area contributed by atoms with Gasteiger partial charge in [-0.2, -0.15) is 0 Å². The molecule has 0 aliphatic rings. The van der Waals surface area contributed by atoms with Crippen LogP contribution in [0.1, 0.15) is 47.8 Å². The molecule has 0 heterocycles. The number of carbonyl (C=O) groups is 2. The summed E-state index contributed by atoms with van der Waals surface area (Å²) in [5.41, 5.74) is 9.89. The summed E-state index contributed by atoms with van der Waals surface area (Å²) in [5.74, 6) is 0.316. The van der Waals surface area contributed by atoms with Gasteiger partial charge in [-0.3, -0.25) is 9.59 Å². The summed E-state index contributed by atoms with van der Waals surface area (Å²) in [7, 11) is 1.58. The van der Waals surface area contributed by atoms with Crippen molar-refractivity contribution in [1.82, 2.24) is 5.32 Å². The standard InChI is InChI=1S/C24H28N2O3/c1-16-6-11-21(29-5)13-22(16)18(14-25)12-20(15-27)26-23(28)17-7-9-19(10-8-17)24(2,3)4/h6-15H,25H2,1-5H3,(H,26,28)/b18-14+,20-12+. The fourth-order valence-corrected chi connectivity index (χ4v) is 2.85. The second kappa shape index (κ2) is 9.24. The highest BCUT2D eigenvalue weighted by Gasteiger charge is 2.15. The number of aldehydes is 1. The molecule has 152 valence electrons. The topological polar surface area (TPSA) is 81.4 Å². The Morgan fingerprint density at radius 3 is 2.28 bits per heavy atom. The molecule has 2 aromatic carbocycles. The third-order valence-corrected chi connectivity index (χ3v) is 4.64. The summed E-state index contributed by atoms with van der Waals surface area (Å²) in [4.78, 5) is 24.1. The van der Waals surface area contributed by atoms with Crippen LogP contribution in [0.4, 0.5) is 0 Å². The average Bonchev–Trinajstić information content (AvgIpc) is 2.71. The Labute approximate surface area is 172 Å². The van der Waals surface area contributed by atoms with E-state index in [9.17, 15) is 9.59 Å². The fourth-order valence-electron chi connectivity index (χ4n) is 2.85. The summed E-state index contributed by atoms with van der Waals surface area (Å²) in [6.07, 6.45) is 3.55. The monoisotopic (exact) mass is 392 g/mol. The van der Waals surface area contributed by atoms with Gasteiger partial charge in [0.05, 0.1) is 12.8 Å². The molecular formula is C24H28N2O3. The van der Waals surface area contributed by atoms with Gasteiger partial charge in [0, 0.05) is 11.8 Å². The van der Waals surface area contributed by atoms with E-state index in [1.54, 1.807) is 25.3 Å². The zero-order chi connectivity index (χ0) is 21.6. The van der Waals surface area contributed by atoms with Crippen molar-refractivity contribution in [2.75, 3.05) is 7.11 Å². The Balaban J connectivity index is 2.27. The third-order valence-electron chi connectivity index (χ3n) is 4.64. The van der Waals surface area contributed by atoms with Crippen LogP contribution in [0.25, 0.3) is 5.57 Å². The van der Waals surface area contributed by atoms with Crippen LogP contribution < -0.4 is 15.8 Å². The number of rotatable bonds is 6. The molecule has 0 bridgehead atoms. The normalized spacial score (nSPS) is 12.4.